The van der Waals surface area contributed by atoms with E-state index in [-0.39, 0.29) is 11.7 Å². The summed E-state index contributed by atoms with van der Waals surface area (Å²) < 4.78 is 1.89. The molecule has 1 aromatic carbocycles. The minimum Gasteiger partial charge on any atom is -0.325 e. The number of nitrogens with zero attached hydrogens (tertiary/aromatic N) is 4. The van der Waals surface area contributed by atoms with Crippen LogP contribution < -0.4 is 5.32 Å². The van der Waals surface area contributed by atoms with E-state index in [1.165, 1.54) is 11.8 Å². The number of carbonyl (C=O) groups is 1. The van der Waals surface area contributed by atoms with Gasteiger partial charge in [-0.05, 0) is 36.1 Å². The van der Waals surface area contributed by atoms with Crippen molar-refractivity contribution < 1.29 is 4.79 Å². The number of para-hydroxylation sites is 1. The molecule has 0 aliphatic rings. The molecular formula is C20H23N5OS. The number of benzene rings is 1. The molecular weight excluding hydrogens is 358 g/mol. The average Bonchev–Trinajstić information content (AvgIpc) is 3.02. The predicted molar refractivity (Wildman–Crippen MR) is 109 cm³/mol. The highest BCUT2D eigenvalue weighted by atomic mass is 32.2. The number of hydrogen-bond acceptors (Lipinski definition) is 5. The van der Waals surface area contributed by atoms with Crippen molar-refractivity contribution in [2.75, 3.05) is 11.1 Å². The molecule has 6 nitrogen and oxygen atoms in total. The number of aromatic nitrogens is 4. The van der Waals surface area contributed by atoms with Gasteiger partial charge in [-0.2, -0.15) is 0 Å². The molecule has 0 fully saturated rings. The minimum atomic E-state index is -0.0512. The molecule has 1 amide bonds. The quantitative estimate of drug-likeness (QED) is 0.653. The maximum Gasteiger partial charge on any atom is 0.234 e. The number of anilines is 1. The molecule has 0 saturated heterocycles. The van der Waals surface area contributed by atoms with Crippen LogP contribution in [0.1, 0.15) is 30.9 Å². The van der Waals surface area contributed by atoms with Gasteiger partial charge < -0.3 is 9.88 Å². The number of rotatable bonds is 6. The van der Waals surface area contributed by atoms with E-state index in [0.29, 0.717) is 11.1 Å². The highest BCUT2D eigenvalue weighted by Crippen LogP contribution is 2.28. The molecule has 0 saturated carbocycles. The zero-order valence-corrected chi connectivity index (χ0v) is 16.7. The van der Waals surface area contributed by atoms with Gasteiger partial charge in [0.1, 0.15) is 0 Å². The van der Waals surface area contributed by atoms with Crippen LogP contribution in [0.3, 0.4) is 0 Å². The zero-order valence-electron chi connectivity index (χ0n) is 15.9. The Bertz CT molecular complexity index is 937. The van der Waals surface area contributed by atoms with Crippen LogP contribution in [0, 0.1) is 6.92 Å². The number of aryl methyl sites for hydroxylation is 1. The maximum absolute atomic E-state index is 12.5. The summed E-state index contributed by atoms with van der Waals surface area (Å²) >= 11 is 1.37. The van der Waals surface area contributed by atoms with Crippen LogP contribution in [-0.2, 0) is 11.8 Å². The van der Waals surface area contributed by atoms with Crippen molar-refractivity contribution in [1.29, 1.82) is 0 Å². The van der Waals surface area contributed by atoms with Crippen molar-refractivity contribution >= 4 is 23.4 Å². The largest absolute Gasteiger partial charge is 0.325 e. The first-order valence-corrected chi connectivity index (χ1v) is 9.78. The molecule has 27 heavy (non-hydrogen) atoms. The fraction of sp³-hybridized carbons (Fsp3) is 0.300. The topological polar surface area (TPSA) is 72.7 Å². The average molecular weight is 382 g/mol. The summed E-state index contributed by atoms with van der Waals surface area (Å²) in [5, 5.41) is 12.2. The summed E-state index contributed by atoms with van der Waals surface area (Å²) in [6.07, 6.45) is 3.44. The van der Waals surface area contributed by atoms with Crippen molar-refractivity contribution in [2.24, 2.45) is 7.05 Å². The first-order valence-electron chi connectivity index (χ1n) is 8.79. The molecule has 7 heteroatoms. The number of nitrogens with one attached hydrogen (secondary N) is 1. The number of thioether (sulfide) groups is 1. The van der Waals surface area contributed by atoms with Gasteiger partial charge in [-0.25, -0.2) is 0 Å². The Morgan fingerprint density at radius 1 is 1.19 bits per heavy atom. The highest BCUT2D eigenvalue weighted by molar-refractivity contribution is 7.99. The fourth-order valence-electron chi connectivity index (χ4n) is 2.84. The van der Waals surface area contributed by atoms with E-state index in [4.69, 9.17) is 0 Å². The monoisotopic (exact) mass is 381 g/mol. The van der Waals surface area contributed by atoms with E-state index in [1.807, 2.05) is 42.8 Å². The van der Waals surface area contributed by atoms with Crippen LogP contribution in [0.25, 0.3) is 11.4 Å². The molecule has 0 spiro atoms. The van der Waals surface area contributed by atoms with Crippen molar-refractivity contribution in [3.8, 4) is 11.4 Å². The third kappa shape index (κ3) is 4.36. The van der Waals surface area contributed by atoms with Gasteiger partial charge in [0.25, 0.3) is 0 Å². The van der Waals surface area contributed by atoms with Crippen molar-refractivity contribution in [3.05, 3.63) is 53.9 Å². The van der Waals surface area contributed by atoms with Crippen LogP contribution in [-0.4, -0.2) is 31.4 Å². The van der Waals surface area contributed by atoms with E-state index >= 15 is 0 Å². The summed E-state index contributed by atoms with van der Waals surface area (Å²) in [5.41, 5.74) is 4.07. The Morgan fingerprint density at radius 3 is 2.63 bits per heavy atom. The first-order chi connectivity index (χ1) is 13.0. The van der Waals surface area contributed by atoms with E-state index in [2.05, 4.69) is 40.4 Å². The Morgan fingerprint density at radius 2 is 1.93 bits per heavy atom. The standard InChI is InChI=1S/C20H23N5OS/c1-13(2)16-7-5-6-14(3)18(16)22-17(26)12-27-20-24-23-19(25(20)4)15-8-10-21-11-9-15/h5-11,13H,12H2,1-4H3,(H,22,26). The summed E-state index contributed by atoms with van der Waals surface area (Å²) in [4.78, 5) is 16.5. The lowest BCUT2D eigenvalue weighted by Gasteiger charge is -2.16. The van der Waals surface area contributed by atoms with Crippen LogP contribution in [0.2, 0.25) is 0 Å². The van der Waals surface area contributed by atoms with Crippen molar-refractivity contribution in [1.82, 2.24) is 19.7 Å². The van der Waals surface area contributed by atoms with E-state index < -0.39 is 0 Å². The number of amides is 1. The Kier molecular flexibility index (Phi) is 5.91. The molecule has 2 heterocycles. The lowest BCUT2D eigenvalue weighted by atomic mass is 9.98. The Hall–Kier alpha value is -2.67. The smallest absolute Gasteiger partial charge is 0.234 e. The summed E-state index contributed by atoms with van der Waals surface area (Å²) in [7, 11) is 1.90. The maximum atomic E-state index is 12.5. The molecule has 1 N–H and O–H groups in total. The Labute approximate surface area is 163 Å². The molecule has 0 bridgehead atoms. The van der Waals surface area contributed by atoms with Crippen molar-refractivity contribution in [3.63, 3.8) is 0 Å². The van der Waals surface area contributed by atoms with E-state index in [1.54, 1.807) is 12.4 Å². The summed E-state index contributed by atoms with van der Waals surface area (Å²) in [5.74, 6) is 1.31. The lowest BCUT2D eigenvalue weighted by molar-refractivity contribution is -0.113. The molecule has 0 atom stereocenters. The molecule has 3 aromatic rings. The van der Waals surface area contributed by atoms with Gasteiger partial charge in [0.2, 0.25) is 5.91 Å². The highest BCUT2D eigenvalue weighted by Gasteiger charge is 2.15. The second-order valence-corrected chi connectivity index (χ2v) is 7.57. The third-order valence-corrected chi connectivity index (χ3v) is 5.32. The Balaban J connectivity index is 1.68. The van der Waals surface area contributed by atoms with Crippen LogP contribution in [0.15, 0.2) is 47.9 Å². The zero-order chi connectivity index (χ0) is 19.4. The van der Waals surface area contributed by atoms with Crippen LogP contribution in [0.4, 0.5) is 5.69 Å². The molecule has 0 radical (unpaired) electrons. The second kappa shape index (κ2) is 8.35. The first kappa shape index (κ1) is 19.1. The molecule has 0 aliphatic carbocycles. The second-order valence-electron chi connectivity index (χ2n) is 6.63. The summed E-state index contributed by atoms with van der Waals surface area (Å²) in [6, 6.07) is 9.87. The predicted octanol–water partition coefficient (Wildman–Crippen LogP) is 4.04. The van der Waals surface area contributed by atoms with E-state index in [9.17, 15) is 4.79 Å². The number of hydrogen-bond donors (Lipinski definition) is 1. The van der Waals surface area contributed by atoms with Crippen LogP contribution in [0.5, 0.6) is 0 Å². The number of carbonyl (C=O) groups excluding carboxylic acids is 1. The molecule has 2 aromatic heterocycles. The van der Waals surface area contributed by atoms with Gasteiger partial charge in [0.15, 0.2) is 11.0 Å². The fourth-order valence-corrected chi connectivity index (χ4v) is 3.55. The van der Waals surface area contributed by atoms with Gasteiger partial charge in [0.05, 0.1) is 5.75 Å². The molecule has 0 aliphatic heterocycles. The molecule has 140 valence electrons. The van der Waals surface area contributed by atoms with E-state index in [0.717, 1.165) is 28.2 Å². The minimum absolute atomic E-state index is 0.0512. The van der Waals surface area contributed by atoms with Gasteiger partial charge in [-0.1, -0.05) is 43.8 Å². The van der Waals surface area contributed by atoms with Gasteiger partial charge >= 0.3 is 0 Å². The third-order valence-electron chi connectivity index (χ3n) is 4.30. The molecule has 0 unspecified atom stereocenters. The molecule has 3 rings (SSSR count). The van der Waals surface area contributed by atoms with Crippen LogP contribution >= 0.6 is 11.8 Å². The number of pyridine rings is 1. The lowest BCUT2D eigenvalue weighted by Crippen LogP contribution is -2.17. The van der Waals surface area contributed by atoms with Gasteiger partial charge in [-0.15, -0.1) is 10.2 Å². The summed E-state index contributed by atoms with van der Waals surface area (Å²) in [6.45, 7) is 6.26. The normalized spacial score (nSPS) is 11.0. The van der Waals surface area contributed by atoms with Gasteiger partial charge in [0, 0.05) is 30.7 Å². The van der Waals surface area contributed by atoms with Crippen molar-refractivity contribution in [2.45, 2.75) is 31.8 Å². The van der Waals surface area contributed by atoms with Gasteiger partial charge in [-0.3, -0.25) is 9.78 Å². The SMILES string of the molecule is Cc1cccc(C(C)C)c1NC(=O)CSc1nnc(-c2ccncc2)n1C.